The zero-order chi connectivity index (χ0) is 20.2. The molecule has 8 heteroatoms. The fourth-order valence-electron chi connectivity index (χ4n) is 2.65. The zero-order valence-electron chi connectivity index (χ0n) is 15.3. The minimum atomic E-state index is -0.337. The molecule has 29 heavy (non-hydrogen) atoms. The van der Waals surface area contributed by atoms with Crippen LogP contribution in [0, 0.1) is 0 Å². The lowest BCUT2D eigenvalue weighted by Gasteiger charge is -2.02. The number of carbonyl (C=O) groups excluding carboxylic acids is 2. The first-order valence-electron chi connectivity index (χ1n) is 8.60. The van der Waals surface area contributed by atoms with E-state index < -0.39 is 0 Å². The predicted octanol–water partition coefficient (Wildman–Crippen LogP) is 4.29. The molecule has 0 saturated heterocycles. The highest BCUT2D eigenvalue weighted by atomic mass is 32.1. The van der Waals surface area contributed by atoms with Crippen molar-refractivity contribution in [2.75, 3.05) is 12.4 Å². The van der Waals surface area contributed by atoms with Crippen LogP contribution in [0.4, 0.5) is 5.13 Å². The number of rotatable bonds is 6. The molecule has 1 aromatic carbocycles. The van der Waals surface area contributed by atoms with E-state index in [1.807, 2.05) is 0 Å². The molecule has 7 nitrogen and oxygen atoms in total. The highest BCUT2D eigenvalue weighted by Crippen LogP contribution is 2.33. The number of carbonyl (C=O) groups is 2. The van der Waals surface area contributed by atoms with E-state index in [0.29, 0.717) is 38.3 Å². The predicted molar refractivity (Wildman–Crippen MR) is 108 cm³/mol. The van der Waals surface area contributed by atoms with E-state index >= 15 is 0 Å². The van der Waals surface area contributed by atoms with Crippen LogP contribution in [0.1, 0.15) is 25.6 Å². The van der Waals surface area contributed by atoms with Gasteiger partial charge in [0.15, 0.2) is 10.9 Å². The number of ketones is 1. The summed E-state index contributed by atoms with van der Waals surface area (Å²) < 4.78 is 10.6. The number of nitrogens with zero attached hydrogens (tertiary/aromatic N) is 2. The van der Waals surface area contributed by atoms with Gasteiger partial charge in [-0.1, -0.05) is 11.3 Å². The van der Waals surface area contributed by atoms with E-state index in [0.717, 1.165) is 11.3 Å². The van der Waals surface area contributed by atoms with Crippen molar-refractivity contribution in [3.8, 4) is 17.2 Å². The highest BCUT2D eigenvalue weighted by Gasteiger charge is 2.23. The third-order valence-electron chi connectivity index (χ3n) is 4.10. The summed E-state index contributed by atoms with van der Waals surface area (Å²) in [4.78, 5) is 34.2. The molecule has 0 atom stereocenters. The first-order chi connectivity index (χ1) is 14.2. The van der Waals surface area contributed by atoms with Crippen LogP contribution >= 0.6 is 11.3 Å². The van der Waals surface area contributed by atoms with Crippen molar-refractivity contribution < 1.29 is 18.7 Å². The molecule has 0 fully saturated rings. The number of aromatic nitrogens is 2. The Hall–Kier alpha value is -3.78. The SMILES string of the molecule is COc1ccc(C(=O)c2sc(NC(=O)c3ccncc3)nc2-c2ccco2)cc1. The summed E-state index contributed by atoms with van der Waals surface area (Å²) in [6.45, 7) is 0. The second-order valence-corrected chi connectivity index (χ2v) is 6.92. The van der Waals surface area contributed by atoms with Gasteiger partial charge in [-0.05, 0) is 48.5 Å². The van der Waals surface area contributed by atoms with Gasteiger partial charge in [-0.15, -0.1) is 0 Å². The molecule has 144 valence electrons. The fraction of sp³-hybridized carbons (Fsp3) is 0.0476. The number of anilines is 1. The molecule has 0 aliphatic heterocycles. The van der Waals surface area contributed by atoms with Crippen LogP contribution in [0.5, 0.6) is 5.75 Å². The molecule has 0 unspecified atom stereocenters. The van der Waals surface area contributed by atoms with Crippen LogP contribution < -0.4 is 10.1 Å². The van der Waals surface area contributed by atoms with Gasteiger partial charge < -0.3 is 9.15 Å². The minimum absolute atomic E-state index is 0.221. The van der Waals surface area contributed by atoms with Crippen LogP contribution in [-0.2, 0) is 0 Å². The van der Waals surface area contributed by atoms with Gasteiger partial charge in [0, 0.05) is 23.5 Å². The molecule has 3 aromatic heterocycles. The quantitative estimate of drug-likeness (QED) is 0.481. The normalized spacial score (nSPS) is 10.5. The molecule has 0 spiro atoms. The average Bonchev–Trinajstić information content (AvgIpc) is 3.44. The van der Waals surface area contributed by atoms with Gasteiger partial charge >= 0.3 is 0 Å². The number of thiazole rings is 1. The van der Waals surface area contributed by atoms with E-state index in [9.17, 15) is 9.59 Å². The van der Waals surface area contributed by atoms with Gasteiger partial charge in [0.1, 0.15) is 16.3 Å². The Balaban J connectivity index is 1.68. The molecule has 0 aliphatic rings. The maximum absolute atomic E-state index is 13.1. The van der Waals surface area contributed by atoms with Gasteiger partial charge in [-0.3, -0.25) is 19.9 Å². The highest BCUT2D eigenvalue weighted by molar-refractivity contribution is 7.18. The summed E-state index contributed by atoms with van der Waals surface area (Å²) in [5.74, 6) is 0.543. The number of nitrogens with one attached hydrogen (secondary N) is 1. The summed E-state index contributed by atoms with van der Waals surface area (Å²) >= 11 is 1.09. The maximum atomic E-state index is 13.1. The van der Waals surface area contributed by atoms with E-state index in [1.54, 1.807) is 55.6 Å². The van der Waals surface area contributed by atoms with E-state index in [2.05, 4.69) is 15.3 Å². The molecule has 1 amide bonds. The van der Waals surface area contributed by atoms with Gasteiger partial charge in [0.25, 0.3) is 5.91 Å². The van der Waals surface area contributed by atoms with Crippen LogP contribution in [0.25, 0.3) is 11.5 Å². The molecular formula is C21H15N3O4S. The van der Waals surface area contributed by atoms with Crippen molar-refractivity contribution in [1.29, 1.82) is 0 Å². The lowest BCUT2D eigenvalue weighted by atomic mass is 10.1. The van der Waals surface area contributed by atoms with Crippen LogP contribution in [0.15, 0.2) is 71.6 Å². The molecule has 3 heterocycles. The second-order valence-electron chi connectivity index (χ2n) is 5.92. The Kier molecular flexibility index (Phi) is 5.17. The number of pyridine rings is 1. The zero-order valence-corrected chi connectivity index (χ0v) is 16.1. The largest absolute Gasteiger partial charge is 0.497 e. The summed E-state index contributed by atoms with van der Waals surface area (Å²) in [5.41, 5.74) is 1.30. The van der Waals surface area contributed by atoms with Crippen molar-refractivity contribution in [3.63, 3.8) is 0 Å². The summed E-state index contributed by atoms with van der Waals surface area (Å²) in [5, 5.41) is 3.03. The van der Waals surface area contributed by atoms with Gasteiger partial charge in [0.05, 0.1) is 13.4 Å². The molecule has 0 saturated carbocycles. The summed E-state index contributed by atoms with van der Waals surface area (Å²) in [7, 11) is 1.56. The lowest BCUT2D eigenvalue weighted by Crippen LogP contribution is -2.11. The van der Waals surface area contributed by atoms with Crippen LogP contribution in [-0.4, -0.2) is 28.8 Å². The lowest BCUT2D eigenvalue weighted by molar-refractivity contribution is 0.102. The Labute approximate surface area is 170 Å². The summed E-state index contributed by atoms with van der Waals surface area (Å²) in [6, 6.07) is 13.4. The Morgan fingerprint density at radius 2 is 1.79 bits per heavy atom. The third-order valence-corrected chi connectivity index (χ3v) is 5.07. The fourth-order valence-corrected chi connectivity index (χ4v) is 3.58. The maximum Gasteiger partial charge on any atom is 0.257 e. The second kappa shape index (κ2) is 8.07. The molecule has 0 aliphatic carbocycles. The topological polar surface area (TPSA) is 94.3 Å². The summed E-state index contributed by atoms with van der Waals surface area (Å²) in [6.07, 6.45) is 4.57. The first-order valence-corrected chi connectivity index (χ1v) is 9.42. The number of benzene rings is 1. The molecular weight excluding hydrogens is 390 g/mol. The van der Waals surface area contributed by atoms with Crippen LogP contribution in [0.2, 0.25) is 0 Å². The van der Waals surface area contributed by atoms with Crippen molar-refractivity contribution in [1.82, 2.24) is 9.97 Å². The van der Waals surface area contributed by atoms with Crippen molar-refractivity contribution in [3.05, 3.63) is 83.2 Å². The molecule has 0 radical (unpaired) electrons. The van der Waals surface area contributed by atoms with Gasteiger partial charge in [-0.25, -0.2) is 4.98 Å². The number of hydrogen-bond donors (Lipinski definition) is 1. The van der Waals surface area contributed by atoms with Gasteiger partial charge in [0.2, 0.25) is 5.78 Å². The minimum Gasteiger partial charge on any atom is -0.497 e. The number of furan rings is 1. The number of hydrogen-bond acceptors (Lipinski definition) is 7. The van der Waals surface area contributed by atoms with E-state index in [4.69, 9.17) is 9.15 Å². The number of methoxy groups -OCH3 is 1. The van der Waals surface area contributed by atoms with Gasteiger partial charge in [-0.2, -0.15) is 0 Å². The van der Waals surface area contributed by atoms with Crippen molar-refractivity contribution in [2.24, 2.45) is 0 Å². The molecule has 4 rings (SSSR count). The molecule has 1 N–H and O–H groups in total. The van der Waals surface area contributed by atoms with E-state index in [1.165, 1.54) is 18.7 Å². The number of amides is 1. The molecule has 0 bridgehead atoms. The Morgan fingerprint density at radius 3 is 2.45 bits per heavy atom. The van der Waals surface area contributed by atoms with E-state index in [-0.39, 0.29) is 11.7 Å². The van der Waals surface area contributed by atoms with Crippen molar-refractivity contribution >= 4 is 28.2 Å². The average molecular weight is 405 g/mol. The van der Waals surface area contributed by atoms with Crippen molar-refractivity contribution in [2.45, 2.75) is 0 Å². The monoisotopic (exact) mass is 405 g/mol. The first kappa shape index (κ1) is 18.6. The Morgan fingerprint density at radius 1 is 1.03 bits per heavy atom. The smallest absolute Gasteiger partial charge is 0.257 e. The van der Waals surface area contributed by atoms with Crippen LogP contribution in [0.3, 0.4) is 0 Å². The number of ether oxygens (including phenoxy) is 1. The molecule has 4 aromatic rings. The standard InChI is InChI=1S/C21H15N3O4S/c1-27-15-6-4-13(5-7-15)18(25)19-17(16-3-2-12-28-16)23-21(29-19)24-20(26)14-8-10-22-11-9-14/h2-12H,1H3,(H,23,24,26). The third kappa shape index (κ3) is 3.92. The Bertz CT molecular complexity index is 1140.